The summed E-state index contributed by atoms with van der Waals surface area (Å²) >= 11 is 0. The van der Waals surface area contributed by atoms with E-state index in [0.717, 1.165) is 11.8 Å². The molecular weight excluding hydrogens is 506 g/mol. The number of benzene rings is 1. The fraction of sp³-hybridized carbons (Fsp3) is 0.720. The lowest BCUT2D eigenvalue weighted by atomic mass is 10.2. The molecule has 0 saturated carbocycles. The van der Waals surface area contributed by atoms with Crippen molar-refractivity contribution in [1.29, 1.82) is 0 Å². The molecule has 0 bridgehead atoms. The van der Waals surface area contributed by atoms with Crippen LogP contribution in [-0.4, -0.2) is 110 Å². The Hall–Kier alpha value is -1.80. The van der Waals surface area contributed by atoms with E-state index in [1.807, 2.05) is 51.1 Å². The number of rotatable bonds is 21. The Balaban J connectivity index is 2.00. The zero-order valence-corrected chi connectivity index (χ0v) is 23.3. The molecule has 0 atom stereocenters. The molecule has 0 aliphatic heterocycles. The standard InChI is InChI=1S/C25H43NO10S/c1-25(2,3)36-24(27)26(22-23-8-6-5-7-9-23)10-11-30-12-13-31-14-15-32-16-17-33-18-19-34-20-21-35-37(4,28)29/h5-9H,10-22H2,1-4H3. The SMILES string of the molecule is CC(C)(C)OC(=O)N(CCOCCOCCOCCOCCOCCOS(C)(=O)=O)Cc1ccccc1. The van der Waals surface area contributed by atoms with Gasteiger partial charge in [0, 0.05) is 13.1 Å². The molecule has 0 aliphatic rings. The highest BCUT2D eigenvalue weighted by Crippen LogP contribution is 2.12. The fourth-order valence-electron chi connectivity index (χ4n) is 2.77. The van der Waals surface area contributed by atoms with Gasteiger partial charge in [-0.2, -0.15) is 8.42 Å². The molecule has 37 heavy (non-hydrogen) atoms. The summed E-state index contributed by atoms with van der Waals surface area (Å²) in [5, 5.41) is 0. The first kappa shape index (κ1) is 33.2. The van der Waals surface area contributed by atoms with Gasteiger partial charge < -0.3 is 33.3 Å². The smallest absolute Gasteiger partial charge is 0.410 e. The summed E-state index contributed by atoms with van der Waals surface area (Å²) in [6.45, 7) is 10.2. The van der Waals surface area contributed by atoms with Crippen LogP contribution in [0.1, 0.15) is 26.3 Å². The van der Waals surface area contributed by atoms with Crippen molar-refractivity contribution >= 4 is 16.2 Å². The minimum Gasteiger partial charge on any atom is -0.444 e. The third-order valence-electron chi connectivity index (χ3n) is 4.39. The first-order valence-corrected chi connectivity index (χ1v) is 14.1. The maximum absolute atomic E-state index is 12.6. The summed E-state index contributed by atoms with van der Waals surface area (Å²) < 4.78 is 58.7. The average Bonchev–Trinajstić information content (AvgIpc) is 2.81. The lowest BCUT2D eigenvalue weighted by Crippen LogP contribution is -2.38. The minimum atomic E-state index is -3.43. The van der Waals surface area contributed by atoms with Gasteiger partial charge in [0.25, 0.3) is 10.1 Å². The van der Waals surface area contributed by atoms with Crippen LogP contribution < -0.4 is 0 Å². The number of hydrogen-bond acceptors (Lipinski definition) is 10. The van der Waals surface area contributed by atoms with Gasteiger partial charge in [-0.3, -0.25) is 4.18 Å². The number of hydrogen-bond donors (Lipinski definition) is 0. The predicted molar refractivity (Wildman–Crippen MR) is 138 cm³/mol. The Morgan fingerprint density at radius 2 is 1.16 bits per heavy atom. The van der Waals surface area contributed by atoms with Gasteiger partial charge in [-0.25, -0.2) is 4.79 Å². The topological polar surface area (TPSA) is 119 Å². The van der Waals surface area contributed by atoms with Crippen LogP contribution in [-0.2, 0) is 49.3 Å². The number of ether oxygens (including phenoxy) is 6. The molecule has 11 nitrogen and oxygen atoms in total. The third-order valence-corrected chi connectivity index (χ3v) is 4.98. The monoisotopic (exact) mass is 549 g/mol. The molecule has 12 heteroatoms. The molecule has 0 saturated heterocycles. The Kier molecular flexibility index (Phi) is 17.3. The number of nitrogens with zero attached hydrogens (tertiary/aromatic N) is 1. The van der Waals surface area contributed by atoms with Crippen molar-refractivity contribution in [3.05, 3.63) is 35.9 Å². The highest BCUT2D eigenvalue weighted by molar-refractivity contribution is 7.85. The summed E-state index contributed by atoms with van der Waals surface area (Å²) in [6, 6.07) is 9.75. The zero-order valence-electron chi connectivity index (χ0n) is 22.5. The van der Waals surface area contributed by atoms with Gasteiger partial charge in [0.2, 0.25) is 0 Å². The normalized spacial score (nSPS) is 12.0. The Labute approximate surface area is 221 Å². The van der Waals surface area contributed by atoms with Gasteiger partial charge in [0.05, 0.1) is 78.9 Å². The maximum atomic E-state index is 12.6. The molecule has 0 aromatic heterocycles. The highest BCUT2D eigenvalue weighted by Gasteiger charge is 2.22. The van der Waals surface area contributed by atoms with Gasteiger partial charge in [0.1, 0.15) is 5.60 Å². The molecule has 214 valence electrons. The molecule has 1 aromatic carbocycles. The van der Waals surface area contributed by atoms with E-state index in [2.05, 4.69) is 4.18 Å². The van der Waals surface area contributed by atoms with Crippen molar-refractivity contribution < 1.29 is 45.8 Å². The van der Waals surface area contributed by atoms with Crippen LogP contribution in [0.15, 0.2) is 30.3 Å². The first-order valence-electron chi connectivity index (χ1n) is 12.3. The molecule has 0 spiro atoms. The molecule has 1 amide bonds. The highest BCUT2D eigenvalue weighted by atomic mass is 32.2. The molecule has 0 fully saturated rings. The van der Waals surface area contributed by atoms with Gasteiger partial charge in [-0.15, -0.1) is 0 Å². The fourth-order valence-corrected chi connectivity index (χ4v) is 3.14. The van der Waals surface area contributed by atoms with E-state index in [4.69, 9.17) is 28.4 Å². The van der Waals surface area contributed by atoms with E-state index < -0.39 is 15.7 Å². The lowest BCUT2D eigenvalue weighted by molar-refractivity contribution is -0.0152. The van der Waals surface area contributed by atoms with E-state index in [1.54, 1.807) is 4.90 Å². The Morgan fingerprint density at radius 1 is 0.730 bits per heavy atom. The molecule has 0 unspecified atom stereocenters. The quantitative estimate of drug-likeness (QED) is 0.167. The van der Waals surface area contributed by atoms with Crippen molar-refractivity contribution in [2.45, 2.75) is 32.9 Å². The Bertz CT molecular complexity index is 815. The van der Waals surface area contributed by atoms with Crippen molar-refractivity contribution in [1.82, 2.24) is 4.90 Å². The van der Waals surface area contributed by atoms with Crippen LogP contribution in [0.4, 0.5) is 4.79 Å². The van der Waals surface area contributed by atoms with Gasteiger partial charge in [-0.05, 0) is 26.3 Å². The summed E-state index contributed by atoms with van der Waals surface area (Å²) in [5.41, 5.74) is 0.453. The van der Waals surface area contributed by atoms with Crippen LogP contribution >= 0.6 is 0 Å². The second-order valence-electron chi connectivity index (χ2n) is 8.98. The number of amides is 1. The molecule has 0 N–H and O–H groups in total. The number of carbonyl (C=O) groups is 1. The van der Waals surface area contributed by atoms with E-state index in [1.165, 1.54) is 0 Å². The molecular formula is C25H43NO10S. The van der Waals surface area contributed by atoms with Gasteiger partial charge >= 0.3 is 6.09 Å². The van der Waals surface area contributed by atoms with Crippen LogP contribution in [0.25, 0.3) is 0 Å². The van der Waals surface area contributed by atoms with Crippen molar-refractivity contribution in [3.63, 3.8) is 0 Å². The van der Waals surface area contributed by atoms with Gasteiger partial charge in [-0.1, -0.05) is 30.3 Å². The van der Waals surface area contributed by atoms with Crippen LogP contribution in [0.2, 0.25) is 0 Å². The summed E-state index contributed by atoms with van der Waals surface area (Å²) in [6.07, 6.45) is 0.622. The van der Waals surface area contributed by atoms with Crippen LogP contribution in [0.3, 0.4) is 0 Å². The molecule has 0 aliphatic carbocycles. The number of carbonyl (C=O) groups excluding carboxylic acids is 1. The van der Waals surface area contributed by atoms with Gasteiger partial charge in [0.15, 0.2) is 0 Å². The Morgan fingerprint density at radius 3 is 1.59 bits per heavy atom. The van der Waals surface area contributed by atoms with Crippen molar-refractivity contribution in [2.75, 3.05) is 85.5 Å². The second kappa shape index (κ2) is 19.3. The van der Waals surface area contributed by atoms with Crippen LogP contribution in [0, 0.1) is 0 Å². The molecule has 1 aromatic rings. The second-order valence-corrected chi connectivity index (χ2v) is 10.6. The molecule has 0 heterocycles. The molecule has 0 radical (unpaired) electrons. The lowest BCUT2D eigenvalue weighted by Gasteiger charge is -2.27. The van der Waals surface area contributed by atoms with E-state index in [9.17, 15) is 13.2 Å². The summed E-state index contributed by atoms with van der Waals surface area (Å²) in [5.74, 6) is 0. The zero-order chi connectivity index (χ0) is 27.4. The van der Waals surface area contributed by atoms with Crippen molar-refractivity contribution in [2.24, 2.45) is 0 Å². The van der Waals surface area contributed by atoms with E-state index in [-0.39, 0.29) is 19.3 Å². The predicted octanol–water partition coefficient (Wildman–Crippen LogP) is 2.48. The van der Waals surface area contributed by atoms with E-state index in [0.29, 0.717) is 72.6 Å². The average molecular weight is 550 g/mol. The summed E-state index contributed by atoms with van der Waals surface area (Å²) in [7, 11) is -3.43. The third kappa shape index (κ3) is 20.9. The molecule has 1 rings (SSSR count). The van der Waals surface area contributed by atoms with E-state index >= 15 is 0 Å². The minimum absolute atomic E-state index is 0.00816. The summed E-state index contributed by atoms with van der Waals surface area (Å²) in [4.78, 5) is 14.2. The maximum Gasteiger partial charge on any atom is 0.410 e. The van der Waals surface area contributed by atoms with Crippen molar-refractivity contribution in [3.8, 4) is 0 Å². The largest absolute Gasteiger partial charge is 0.444 e. The van der Waals surface area contributed by atoms with Crippen LogP contribution in [0.5, 0.6) is 0 Å². The first-order chi connectivity index (χ1) is 17.6.